The van der Waals surface area contributed by atoms with Gasteiger partial charge >= 0.3 is 0 Å². The highest BCUT2D eigenvalue weighted by atomic mass is 32.1. The molecule has 0 spiro atoms. The summed E-state index contributed by atoms with van der Waals surface area (Å²) in [7, 11) is 2.15. The van der Waals surface area contributed by atoms with Gasteiger partial charge in [0.1, 0.15) is 0 Å². The van der Waals surface area contributed by atoms with E-state index in [4.69, 9.17) is 0 Å². The molecule has 110 valence electrons. The number of nitrogens with zero attached hydrogens (tertiary/aromatic N) is 1. The molecular formula is C19H23NS. The van der Waals surface area contributed by atoms with E-state index in [1.807, 2.05) is 17.4 Å². The van der Waals surface area contributed by atoms with Gasteiger partial charge in [-0.25, -0.2) is 0 Å². The Kier molecular flexibility index (Phi) is 6.53. The van der Waals surface area contributed by atoms with Crippen LogP contribution in [0.5, 0.6) is 0 Å². The van der Waals surface area contributed by atoms with Crippen LogP contribution < -0.4 is 0 Å². The molecule has 1 nitrogen and oxygen atoms in total. The Labute approximate surface area is 132 Å². The number of hydrogen-bond acceptors (Lipinski definition) is 2. The molecule has 0 atom stereocenters. The molecule has 1 aromatic carbocycles. The third kappa shape index (κ3) is 5.04. The van der Waals surface area contributed by atoms with Gasteiger partial charge in [-0.2, -0.15) is 0 Å². The minimum Gasteiger partial charge on any atom is -0.298 e. The Morgan fingerprint density at radius 1 is 1.29 bits per heavy atom. The number of likely N-dealkylation sites (N-methyl/N-ethyl adjacent to an activating group) is 1. The van der Waals surface area contributed by atoms with E-state index in [1.165, 1.54) is 28.5 Å². The molecule has 0 amide bonds. The normalized spacial score (nSPS) is 11.2. The Hall–Kier alpha value is -1.56. The zero-order chi connectivity index (χ0) is 14.9. The van der Waals surface area contributed by atoms with Crippen LogP contribution in [0.2, 0.25) is 0 Å². The molecular weight excluding hydrogens is 274 g/mol. The maximum absolute atomic E-state index is 3.18. The Morgan fingerprint density at radius 3 is 3.00 bits per heavy atom. The smallest absolute Gasteiger partial charge is 0.0346 e. The fraction of sp³-hybridized carbons (Fsp3) is 0.368. The number of unbranched alkanes of at least 4 members (excludes halogenated alkanes) is 2. The molecule has 0 aliphatic rings. The van der Waals surface area contributed by atoms with Gasteiger partial charge in [-0.05, 0) is 41.9 Å². The van der Waals surface area contributed by atoms with E-state index in [1.54, 1.807) is 0 Å². The first-order chi connectivity index (χ1) is 10.3. The van der Waals surface area contributed by atoms with E-state index in [-0.39, 0.29) is 0 Å². The van der Waals surface area contributed by atoms with Crippen molar-refractivity contribution in [1.29, 1.82) is 0 Å². The largest absolute Gasteiger partial charge is 0.298 e. The van der Waals surface area contributed by atoms with E-state index in [0.29, 0.717) is 0 Å². The maximum atomic E-state index is 3.18. The second-order valence-corrected chi connectivity index (χ2v) is 6.19. The molecule has 0 saturated carbocycles. The minimum absolute atomic E-state index is 0.937. The second-order valence-electron chi connectivity index (χ2n) is 5.28. The molecule has 0 aliphatic carbocycles. The molecule has 2 rings (SSSR count). The molecule has 2 aromatic rings. The fourth-order valence-electron chi connectivity index (χ4n) is 2.20. The predicted molar refractivity (Wildman–Crippen MR) is 94.6 cm³/mol. The van der Waals surface area contributed by atoms with Gasteiger partial charge in [0.2, 0.25) is 0 Å². The summed E-state index contributed by atoms with van der Waals surface area (Å²) in [6.45, 7) is 4.12. The minimum atomic E-state index is 0.937. The van der Waals surface area contributed by atoms with Crippen LogP contribution in [-0.2, 0) is 6.54 Å². The van der Waals surface area contributed by atoms with E-state index < -0.39 is 0 Å². The van der Waals surface area contributed by atoms with Crippen LogP contribution in [-0.4, -0.2) is 18.5 Å². The third-order valence-corrected chi connectivity index (χ3v) is 4.39. The van der Waals surface area contributed by atoms with Gasteiger partial charge < -0.3 is 0 Å². The lowest BCUT2D eigenvalue weighted by atomic mass is 10.2. The van der Waals surface area contributed by atoms with E-state index in [9.17, 15) is 0 Å². The van der Waals surface area contributed by atoms with Gasteiger partial charge in [-0.3, -0.25) is 4.90 Å². The Balaban J connectivity index is 1.83. The van der Waals surface area contributed by atoms with Gasteiger partial charge in [0.05, 0.1) is 0 Å². The summed E-state index contributed by atoms with van der Waals surface area (Å²) in [5.41, 5.74) is 1.42. The van der Waals surface area contributed by atoms with Gasteiger partial charge in [-0.1, -0.05) is 49.5 Å². The fourth-order valence-corrected chi connectivity index (χ4v) is 3.15. The first-order valence-corrected chi connectivity index (χ1v) is 8.46. The molecule has 0 unspecified atom stereocenters. The van der Waals surface area contributed by atoms with Crippen LogP contribution in [0.25, 0.3) is 10.1 Å². The maximum Gasteiger partial charge on any atom is 0.0346 e. The zero-order valence-electron chi connectivity index (χ0n) is 12.9. The number of rotatable bonds is 6. The SMILES string of the molecule is CCCCC#CC=CCN(C)Cc1csc2ccccc12. The summed E-state index contributed by atoms with van der Waals surface area (Å²) in [6.07, 6.45) is 7.56. The molecule has 0 bridgehead atoms. The van der Waals surface area contributed by atoms with Crippen molar-refractivity contribution in [3.05, 3.63) is 47.4 Å². The molecule has 0 fully saturated rings. The van der Waals surface area contributed by atoms with Crippen molar-refractivity contribution in [2.24, 2.45) is 0 Å². The monoisotopic (exact) mass is 297 g/mol. The van der Waals surface area contributed by atoms with Crippen molar-refractivity contribution in [3.63, 3.8) is 0 Å². The van der Waals surface area contributed by atoms with Gasteiger partial charge in [0, 0.05) is 24.2 Å². The molecule has 21 heavy (non-hydrogen) atoms. The molecule has 0 aliphatic heterocycles. The summed E-state index contributed by atoms with van der Waals surface area (Å²) in [6, 6.07) is 8.62. The molecule has 1 heterocycles. The highest BCUT2D eigenvalue weighted by Crippen LogP contribution is 2.26. The highest BCUT2D eigenvalue weighted by Gasteiger charge is 2.05. The van der Waals surface area contributed by atoms with Gasteiger partial charge in [-0.15, -0.1) is 11.3 Å². The molecule has 2 heteroatoms. The van der Waals surface area contributed by atoms with Crippen LogP contribution in [0.4, 0.5) is 0 Å². The van der Waals surface area contributed by atoms with Crippen molar-refractivity contribution in [3.8, 4) is 11.8 Å². The average molecular weight is 297 g/mol. The van der Waals surface area contributed by atoms with Gasteiger partial charge in [0.25, 0.3) is 0 Å². The standard InChI is InChI=1S/C19H23NS/c1-3-4-5-6-7-8-11-14-20(2)15-17-16-21-19-13-10-9-12-18(17)19/h8-13,16H,3-5,14-15H2,1-2H3. The summed E-state index contributed by atoms with van der Waals surface area (Å²) in [5.74, 6) is 6.29. The van der Waals surface area contributed by atoms with Crippen molar-refractivity contribution >= 4 is 21.4 Å². The molecule has 1 aromatic heterocycles. The first kappa shape index (κ1) is 15.8. The van der Waals surface area contributed by atoms with Crippen molar-refractivity contribution in [1.82, 2.24) is 4.90 Å². The quantitative estimate of drug-likeness (QED) is 0.530. The van der Waals surface area contributed by atoms with E-state index in [0.717, 1.165) is 19.5 Å². The number of fused-ring (bicyclic) bond motifs is 1. The van der Waals surface area contributed by atoms with Crippen LogP contribution >= 0.6 is 11.3 Å². The predicted octanol–water partition coefficient (Wildman–Crippen LogP) is 5.08. The van der Waals surface area contributed by atoms with Crippen LogP contribution in [0.3, 0.4) is 0 Å². The number of hydrogen-bond donors (Lipinski definition) is 0. The van der Waals surface area contributed by atoms with Crippen molar-refractivity contribution in [2.75, 3.05) is 13.6 Å². The summed E-state index contributed by atoms with van der Waals surface area (Å²) >= 11 is 1.83. The summed E-state index contributed by atoms with van der Waals surface area (Å²) in [4.78, 5) is 2.32. The zero-order valence-corrected chi connectivity index (χ0v) is 13.7. The van der Waals surface area contributed by atoms with Crippen molar-refractivity contribution in [2.45, 2.75) is 32.7 Å². The topological polar surface area (TPSA) is 3.24 Å². The second kappa shape index (κ2) is 8.67. The van der Waals surface area contributed by atoms with E-state index >= 15 is 0 Å². The summed E-state index contributed by atoms with van der Waals surface area (Å²) < 4.78 is 1.37. The first-order valence-electron chi connectivity index (χ1n) is 7.58. The van der Waals surface area contributed by atoms with E-state index in [2.05, 4.69) is 66.4 Å². The Bertz CT molecular complexity index is 642. The van der Waals surface area contributed by atoms with Crippen LogP contribution in [0.1, 0.15) is 31.7 Å². The summed E-state index contributed by atoms with van der Waals surface area (Å²) in [5, 5.41) is 3.66. The molecule has 0 N–H and O–H groups in total. The molecule has 0 saturated heterocycles. The number of allylic oxidation sites excluding steroid dienone is 1. The van der Waals surface area contributed by atoms with Gasteiger partial charge in [0.15, 0.2) is 0 Å². The van der Waals surface area contributed by atoms with Crippen molar-refractivity contribution < 1.29 is 0 Å². The lowest BCUT2D eigenvalue weighted by Gasteiger charge is -2.13. The average Bonchev–Trinajstić information content (AvgIpc) is 2.90. The number of thiophene rings is 1. The number of benzene rings is 1. The lowest BCUT2D eigenvalue weighted by molar-refractivity contribution is 0.365. The highest BCUT2D eigenvalue weighted by molar-refractivity contribution is 7.17. The Morgan fingerprint density at radius 2 is 2.14 bits per heavy atom. The van der Waals surface area contributed by atoms with Crippen LogP contribution in [0.15, 0.2) is 41.8 Å². The van der Waals surface area contributed by atoms with Crippen LogP contribution in [0, 0.1) is 11.8 Å². The third-order valence-electron chi connectivity index (χ3n) is 3.38. The lowest BCUT2D eigenvalue weighted by Crippen LogP contribution is -2.17. The molecule has 0 radical (unpaired) electrons.